The Labute approximate surface area is 258 Å². The van der Waals surface area contributed by atoms with Crippen LogP contribution in [0.4, 0.5) is 0 Å². The molecule has 2 aliphatic rings. The van der Waals surface area contributed by atoms with Gasteiger partial charge in [-0.05, 0) is 42.7 Å². The van der Waals surface area contributed by atoms with Crippen molar-refractivity contribution in [3.8, 4) is 28.4 Å². The fraction of sp³-hybridized carbons (Fsp3) is 0.471. The predicted molar refractivity (Wildman–Crippen MR) is 164 cm³/mol. The fourth-order valence-corrected chi connectivity index (χ4v) is 5.64. The summed E-state index contributed by atoms with van der Waals surface area (Å²) in [6.45, 7) is 4.03. The summed E-state index contributed by atoms with van der Waals surface area (Å²) in [5.41, 5.74) is 4.62. The molecule has 8 atom stereocenters. The predicted octanol–water partition coefficient (Wildman–Crippen LogP) is 3.57. The Bertz CT molecular complexity index is 1310. The molecule has 3 aromatic rings. The molecule has 0 spiro atoms. The number of aryl methyl sites for hydroxylation is 1. The van der Waals surface area contributed by atoms with Crippen molar-refractivity contribution in [2.45, 2.75) is 82.4 Å². The number of methoxy groups -OCH3 is 2. The minimum atomic E-state index is -1.01. The van der Waals surface area contributed by atoms with E-state index in [1.54, 1.807) is 25.1 Å². The lowest BCUT2D eigenvalue weighted by Gasteiger charge is -2.43. The lowest BCUT2D eigenvalue weighted by atomic mass is 9.98. The van der Waals surface area contributed by atoms with E-state index in [2.05, 4.69) is 60.8 Å². The third-order valence-electron chi connectivity index (χ3n) is 8.25. The van der Waals surface area contributed by atoms with Crippen LogP contribution in [-0.2, 0) is 20.8 Å². The van der Waals surface area contributed by atoms with E-state index in [4.69, 9.17) is 28.4 Å². The maximum absolute atomic E-state index is 10.9. The van der Waals surface area contributed by atoms with E-state index in [-0.39, 0.29) is 12.5 Å². The Hall–Kier alpha value is -3.22. The molecule has 5 rings (SSSR count). The van der Waals surface area contributed by atoms with Gasteiger partial charge in [0.1, 0.15) is 12.2 Å². The van der Waals surface area contributed by atoms with Crippen LogP contribution >= 0.6 is 0 Å². The van der Waals surface area contributed by atoms with Crippen LogP contribution in [0.25, 0.3) is 11.1 Å². The van der Waals surface area contributed by atoms with Crippen LogP contribution in [0.1, 0.15) is 30.9 Å². The first-order valence-electron chi connectivity index (χ1n) is 15.0. The Kier molecular flexibility index (Phi) is 10.8. The van der Waals surface area contributed by atoms with Crippen molar-refractivity contribution in [2.24, 2.45) is 0 Å². The lowest BCUT2D eigenvalue weighted by molar-refractivity contribution is -0.306. The number of rotatable bonds is 11. The summed E-state index contributed by atoms with van der Waals surface area (Å²) in [6, 6.07) is 21.7. The molecule has 0 amide bonds. The van der Waals surface area contributed by atoms with Crippen LogP contribution in [0.5, 0.6) is 17.2 Å². The summed E-state index contributed by atoms with van der Waals surface area (Å²) >= 11 is 0. The van der Waals surface area contributed by atoms with Crippen LogP contribution in [0.3, 0.4) is 0 Å². The van der Waals surface area contributed by atoms with Gasteiger partial charge < -0.3 is 49.1 Å². The van der Waals surface area contributed by atoms with Gasteiger partial charge in [0, 0.05) is 25.4 Å². The number of aliphatic hydroxyl groups excluding tert-OH is 3. The standard InChI is InChI=1S/C34H43NO9/c1-20-8-12-23(13-9-20)24-14-10-22(11-15-24)18-35-25-16-31(41-21(2)32(25)38)42-29-17-26(37)30(19-36)43-34(29)44-33-27(39-3)6-5-7-28(33)40-4/h5-15,21,25-26,29-32,34-38H,16-19H2,1-4H3. The van der Waals surface area contributed by atoms with Crippen LogP contribution in [0.2, 0.25) is 0 Å². The Morgan fingerprint density at radius 2 is 1.50 bits per heavy atom. The van der Waals surface area contributed by atoms with Gasteiger partial charge in [0.05, 0.1) is 39.1 Å². The highest BCUT2D eigenvalue weighted by Gasteiger charge is 2.43. The molecule has 2 aliphatic heterocycles. The van der Waals surface area contributed by atoms with Crippen LogP contribution in [-0.4, -0.2) is 85.3 Å². The molecule has 10 heteroatoms. The molecule has 8 unspecified atom stereocenters. The molecule has 0 radical (unpaired) electrons. The topological polar surface area (TPSA) is 128 Å². The summed E-state index contributed by atoms with van der Waals surface area (Å²) in [4.78, 5) is 0. The summed E-state index contributed by atoms with van der Waals surface area (Å²) in [5, 5.41) is 34.9. The number of benzene rings is 3. The zero-order chi connectivity index (χ0) is 31.2. The van der Waals surface area contributed by atoms with Gasteiger partial charge in [-0.1, -0.05) is 60.2 Å². The average Bonchev–Trinajstić information content (AvgIpc) is 3.03. The lowest BCUT2D eigenvalue weighted by Crippen LogP contribution is -2.57. The summed E-state index contributed by atoms with van der Waals surface area (Å²) < 4.78 is 35.5. The Balaban J connectivity index is 1.25. The van der Waals surface area contributed by atoms with Crippen molar-refractivity contribution in [1.82, 2.24) is 5.32 Å². The minimum Gasteiger partial charge on any atom is -0.493 e. The van der Waals surface area contributed by atoms with Crippen molar-refractivity contribution >= 4 is 0 Å². The highest BCUT2D eigenvalue weighted by Crippen LogP contribution is 2.40. The molecule has 0 bridgehead atoms. The van der Waals surface area contributed by atoms with Gasteiger partial charge in [-0.15, -0.1) is 0 Å². The highest BCUT2D eigenvalue weighted by molar-refractivity contribution is 5.63. The van der Waals surface area contributed by atoms with Gasteiger partial charge in [-0.25, -0.2) is 0 Å². The van der Waals surface area contributed by atoms with Gasteiger partial charge in [-0.3, -0.25) is 0 Å². The van der Waals surface area contributed by atoms with E-state index in [1.165, 1.54) is 19.8 Å². The van der Waals surface area contributed by atoms with Gasteiger partial charge in [-0.2, -0.15) is 0 Å². The molecule has 2 saturated heterocycles. The van der Waals surface area contributed by atoms with E-state index >= 15 is 0 Å². The minimum absolute atomic E-state index is 0.135. The molecular weight excluding hydrogens is 566 g/mol. The molecule has 0 saturated carbocycles. The van der Waals surface area contributed by atoms with Gasteiger partial charge in [0.2, 0.25) is 12.0 Å². The van der Waals surface area contributed by atoms with Crippen LogP contribution < -0.4 is 19.5 Å². The molecule has 2 fully saturated rings. The van der Waals surface area contributed by atoms with E-state index in [9.17, 15) is 15.3 Å². The normalized spacial score (nSPS) is 28.8. The molecule has 2 heterocycles. The van der Waals surface area contributed by atoms with Gasteiger partial charge >= 0.3 is 0 Å². The summed E-state index contributed by atoms with van der Waals surface area (Å²) in [5.74, 6) is 1.17. The first-order chi connectivity index (χ1) is 21.3. The van der Waals surface area contributed by atoms with Gasteiger partial charge in [0.15, 0.2) is 17.8 Å². The first kappa shape index (κ1) is 32.2. The molecule has 238 valence electrons. The third-order valence-corrected chi connectivity index (χ3v) is 8.25. The number of ether oxygens (including phenoxy) is 6. The Morgan fingerprint density at radius 1 is 0.864 bits per heavy atom. The van der Waals surface area contributed by atoms with E-state index < -0.39 is 49.7 Å². The highest BCUT2D eigenvalue weighted by atomic mass is 16.7. The second-order valence-corrected chi connectivity index (χ2v) is 11.4. The zero-order valence-electron chi connectivity index (χ0n) is 25.6. The summed E-state index contributed by atoms with van der Waals surface area (Å²) in [6.07, 6.45) is -5.10. The van der Waals surface area contributed by atoms with E-state index in [1.807, 2.05) is 0 Å². The number of hydrogen-bond acceptors (Lipinski definition) is 10. The molecular formula is C34H43NO9. The number of aliphatic hydroxyl groups is 3. The zero-order valence-corrected chi connectivity index (χ0v) is 25.6. The second-order valence-electron chi connectivity index (χ2n) is 11.4. The van der Waals surface area contributed by atoms with Crippen molar-refractivity contribution in [3.05, 3.63) is 77.9 Å². The number of hydrogen-bond donors (Lipinski definition) is 4. The fourth-order valence-electron chi connectivity index (χ4n) is 5.64. The smallest absolute Gasteiger partial charge is 0.227 e. The van der Waals surface area contributed by atoms with E-state index in [0.29, 0.717) is 30.2 Å². The molecule has 0 aromatic heterocycles. The number of para-hydroxylation sites is 1. The number of nitrogens with one attached hydrogen (secondary N) is 1. The van der Waals surface area contributed by atoms with Crippen molar-refractivity contribution in [2.75, 3.05) is 20.8 Å². The summed E-state index contributed by atoms with van der Waals surface area (Å²) in [7, 11) is 3.04. The first-order valence-corrected chi connectivity index (χ1v) is 15.0. The quantitative estimate of drug-likeness (QED) is 0.256. The monoisotopic (exact) mass is 609 g/mol. The molecule has 44 heavy (non-hydrogen) atoms. The van der Waals surface area contributed by atoms with Gasteiger partial charge in [0.25, 0.3) is 0 Å². The van der Waals surface area contributed by atoms with Crippen molar-refractivity contribution in [3.63, 3.8) is 0 Å². The van der Waals surface area contributed by atoms with Crippen LogP contribution in [0, 0.1) is 6.92 Å². The third kappa shape index (κ3) is 7.52. The second kappa shape index (κ2) is 14.7. The molecule has 0 aliphatic carbocycles. The maximum Gasteiger partial charge on any atom is 0.227 e. The van der Waals surface area contributed by atoms with Crippen molar-refractivity contribution in [1.29, 1.82) is 0 Å². The van der Waals surface area contributed by atoms with Crippen LogP contribution in [0.15, 0.2) is 66.7 Å². The molecule has 3 aromatic carbocycles. The largest absolute Gasteiger partial charge is 0.493 e. The average molecular weight is 610 g/mol. The van der Waals surface area contributed by atoms with Crippen molar-refractivity contribution < 1.29 is 43.7 Å². The molecule has 10 nitrogen and oxygen atoms in total. The molecule has 4 N–H and O–H groups in total. The Morgan fingerprint density at radius 3 is 2.11 bits per heavy atom. The SMILES string of the molecule is COc1cccc(OC)c1OC1OC(CO)C(O)CC1OC1CC(NCc2ccc(-c3ccc(C)cc3)cc2)C(O)C(C)O1. The maximum atomic E-state index is 10.9. The van der Waals surface area contributed by atoms with E-state index in [0.717, 1.165) is 16.7 Å².